The lowest BCUT2D eigenvalue weighted by molar-refractivity contribution is -0.130. The van der Waals surface area contributed by atoms with Crippen LogP contribution in [0.25, 0.3) is 0 Å². The summed E-state index contributed by atoms with van der Waals surface area (Å²) in [6.45, 7) is 5.41. The molecule has 2 aromatic rings. The number of amides is 1. The Hall–Kier alpha value is -2.20. The predicted molar refractivity (Wildman–Crippen MR) is 112 cm³/mol. The minimum Gasteiger partial charge on any atom is -0.342 e. The number of benzene rings is 1. The van der Waals surface area contributed by atoms with E-state index in [4.69, 9.17) is 0 Å². The molecule has 4 rings (SSSR count). The Morgan fingerprint density at radius 1 is 0.964 bits per heavy atom. The molecule has 1 atom stereocenters. The van der Waals surface area contributed by atoms with Crippen LogP contribution in [-0.2, 0) is 17.6 Å². The quantitative estimate of drug-likeness (QED) is 0.740. The lowest BCUT2D eigenvalue weighted by atomic mass is 9.86. The molecule has 4 heteroatoms. The number of aryl methyl sites for hydroxylation is 2. The molecule has 1 unspecified atom stereocenters. The van der Waals surface area contributed by atoms with Crippen LogP contribution >= 0.6 is 0 Å². The van der Waals surface area contributed by atoms with Crippen molar-refractivity contribution in [2.24, 2.45) is 5.41 Å². The second-order valence-electron chi connectivity index (χ2n) is 8.54. The van der Waals surface area contributed by atoms with Gasteiger partial charge in [0.15, 0.2) is 0 Å². The van der Waals surface area contributed by atoms with Crippen molar-refractivity contribution in [2.75, 3.05) is 32.7 Å². The molecule has 4 nitrogen and oxygen atoms in total. The highest BCUT2D eigenvalue weighted by Gasteiger charge is 2.44. The zero-order chi connectivity index (χ0) is 19.2. The molecule has 0 saturated carbocycles. The second-order valence-corrected chi connectivity index (χ2v) is 8.54. The van der Waals surface area contributed by atoms with Crippen molar-refractivity contribution in [1.82, 2.24) is 14.8 Å². The van der Waals surface area contributed by atoms with Crippen molar-refractivity contribution in [2.45, 2.75) is 38.5 Å². The molecule has 0 radical (unpaired) electrons. The maximum atomic E-state index is 12.7. The molecule has 2 aliphatic heterocycles. The van der Waals surface area contributed by atoms with Gasteiger partial charge in [-0.1, -0.05) is 36.4 Å². The molecular formula is C24H31N3O. The third-order valence-corrected chi connectivity index (χ3v) is 6.44. The van der Waals surface area contributed by atoms with Gasteiger partial charge in [0.1, 0.15) is 0 Å². The fourth-order valence-corrected chi connectivity index (χ4v) is 4.81. The first-order valence-corrected chi connectivity index (χ1v) is 10.7. The first-order chi connectivity index (χ1) is 13.7. The fraction of sp³-hybridized carbons (Fsp3) is 0.500. The van der Waals surface area contributed by atoms with Crippen molar-refractivity contribution in [3.63, 3.8) is 0 Å². The lowest BCUT2D eigenvalue weighted by Crippen LogP contribution is -2.34. The summed E-state index contributed by atoms with van der Waals surface area (Å²) in [5, 5.41) is 0. The Kier molecular flexibility index (Phi) is 6.06. The van der Waals surface area contributed by atoms with Crippen LogP contribution in [0.4, 0.5) is 0 Å². The van der Waals surface area contributed by atoms with Crippen molar-refractivity contribution in [3.8, 4) is 0 Å². The number of carbonyl (C=O) groups is 1. The van der Waals surface area contributed by atoms with E-state index in [9.17, 15) is 4.79 Å². The number of aromatic nitrogens is 1. The summed E-state index contributed by atoms with van der Waals surface area (Å²) < 4.78 is 0. The average molecular weight is 378 g/mol. The standard InChI is InChI=1S/C24H31N3O/c28-23(11-10-22-8-4-14-25-18-22)27-17-13-24(20-27)12-16-26(19-24)15-5-9-21-6-2-1-3-7-21/h1-4,6-8,14,18H,5,9-13,15-17,19-20H2. The van der Waals surface area contributed by atoms with Gasteiger partial charge in [0.05, 0.1) is 0 Å². The number of rotatable bonds is 7. The number of pyridine rings is 1. The van der Waals surface area contributed by atoms with E-state index in [-0.39, 0.29) is 0 Å². The van der Waals surface area contributed by atoms with Crippen molar-refractivity contribution >= 4 is 5.91 Å². The number of nitrogens with zero attached hydrogens (tertiary/aromatic N) is 3. The summed E-state index contributed by atoms with van der Waals surface area (Å²) in [6, 6.07) is 14.8. The Balaban J connectivity index is 1.20. The number of likely N-dealkylation sites (tertiary alicyclic amines) is 2. The number of carbonyl (C=O) groups excluding carboxylic acids is 1. The smallest absolute Gasteiger partial charge is 0.222 e. The molecular weight excluding hydrogens is 346 g/mol. The summed E-state index contributed by atoms with van der Waals surface area (Å²) >= 11 is 0. The van der Waals surface area contributed by atoms with E-state index in [0.717, 1.165) is 38.0 Å². The van der Waals surface area contributed by atoms with Gasteiger partial charge in [-0.2, -0.15) is 0 Å². The first-order valence-electron chi connectivity index (χ1n) is 10.7. The van der Waals surface area contributed by atoms with Crippen LogP contribution < -0.4 is 0 Å². The molecule has 2 aliphatic rings. The predicted octanol–water partition coefficient (Wildman–Crippen LogP) is 3.57. The van der Waals surface area contributed by atoms with Gasteiger partial charge >= 0.3 is 0 Å². The minimum atomic E-state index is 0.309. The molecule has 1 amide bonds. The van der Waals surface area contributed by atoms with Gasteiger partial charge in [0.25, 0.3) is 0 Å². The first kappa shape index (κ1) is 19.1. The van der Waals surface area contributed by atoms with Gasteiger partial charge in [0, 0.05) is 43.9 Å². The molecule has 1 spiro atoms. The summed E-state index contributed by atoms with van der Waals surface area (Å²) in [5.74, 6) is 0.309. The lowest BCUT2D eigenvalue weighted by Gasteiger charge is -2.25. The third kappa shape index (κ3) is 4.79. The van der Waals surface area contributed by atoms with E-state index in [1.165, 1.54) is 37.9 Å². The summed E-state index contributed by atoms with van der Waals surface area (Å²) in [5.41, 5.74) is 2.93. The molecule has 148 valence electrons. The third-order valence-electron chi connectivity index (χ3n) is 6.44. The van der Waals surface area contributed by atoms with Crippen molar-refractivity contribution < 1.29 is 4.79 Å². The van der Waals surface area contributed by atoms with Crippen LogP contribution in [0.5, 0.6) is 0 Å². The maximum absolute atomic E-state index is 12.7. The average Bonchev–Trinajstić information content (AvgIpc) is 3.34. The van der Waals surface area contributed by atoms with E-state index >= 15 is 0 Å². The van der Waals surface area contributed by atoms with E-state index in [2.05, 4.69) is 51.2 Å². The van der Waals surface area contributed by atoms with Gasteiger partial charge in [-0.15, -0.1) is 0 Å². The molecule has 2 saturated heterocycles. The van der Waals surface area contributed by atoms with E-state index in [1.54, 1.807) is 6.20 Å². The normalized spacial score (nSPS) is 22.2. The monoisotopic (exact) mass is 377 g/mol. The Morgan fingerprint density at radius 3 is 2.61 bits per heavy atom. The van der Waals surface area contributed by atoms with E-state index < -0.39 is 0 Å². The maximum Gasteiger partial charge on any atom is 0.222 e. The molecule has 28 heavy (non-hydrogen) atoms. The van der Waals surface area contributed by atoms with Gasteiger partial charge in [-0.3, -0.25) is 9.78 Å². The molecule has 2 fully saturated rings. The van der Waals surface area contributed by atoms with Crippen LogP contribution in [0.2, 0.25) is 0 Å². The van der Waals surface area contributed by atoms with E-state index in [1.807, 2.05) is 12.3 Å². The zero-order valence-electron chi connectivity index (χ0n) is 16.7. The Bertz CT molecular complexity index is 764. The molecule has 1 aromatic carbocycles. The topological polar surface area (TPSA) is 36.4 Å². The SMILES string of the molecule is O=C(CCc1cccnc1)N1CCC2(CCN(CCCc3ccccc3)C2)C1. The van der Waals surface area contributed by atoms with Crippen LogP contribution in [0.3, 0.4) is 0 Å². The van der Waals surface area contributed by atoms with Crippen LogP contribution in [0.15, 0.2) is 54.9 Å². The molecule has 0 N–H and O–H groups in total. The molecule has 0 bridgehead atoms. The number of hydrogen-bond donors (Lipinski definition) is 0. The minimum absolute atomic E-state index is 0.309. The van der Waals surface area contributed by atoms with E-state index in [0.29, 0.717) is 17.7 Å². The molecule has 1 aromatic heterocycles. The molecule has 0 aliphatic carbocycles. The van der Waals surface area contributed by atoms with Gasteiger partial charge in [-0.25, -0.2) is 0 Å². The van der Waals surface area contributed by atoms with Crippen LogP contribution in [0.1, 0.15) is 36.8 Å². The van der Waals surface area contributed by atoms with Gasteiger partial charge in [0.2, 0.25) is 5.91 Å². The zero-order valence-corrected chi connectivity index (χ0v) is 16.7. The number of hydrogen-bond acceptors (Lipinski definition) is 3. The Labute approximate surface area is 168 Å². The van der Waals surface area contributed by atoms with Crippen LogP contribution in [0, 0.1) is 5.41 Å². The van der Waals surface area contributed by atoms with Gasteiger partial charge < -0.3 is 9.80 Å². The summed E-state index contributed by atoms with van der Waals surface area (Å²) in [7, 11) is 0. The van der Waals surface area contributed by atoms with Crippen molar-refractivity contribution in [3.05, 3.63) is 66.0 Å². The van der Waals surface area contributed by atoms with Gasteiger partial charge in [-0.05, 0) is 62.4 Å². The van der Waals surface area contributed by atoms with Crippen molar-refractivity contribution in [1.29, 1.82) is 0 Å². The highest BCUT2D eigenvalue weighted by atomic mass is 16.2. The van der Waals surface area contributed by atoms with Crippen LogP contribution in [-0.4, -0.2) is 53.4 Å². The highest BCUT2D eigenvalue weighted by molar-refractivity contribution is 5.76. The Morgan fingerprint density at radius 2 is 1.79 bits per heavy atom. The summed E-state index contributed by atoms with van der Waals surface area (Å²) in [4.78, 5) is 21.5. The highest BCUT2D eigenvalue weighted by Crippen LogP contribution is 2.39. The fourth-order valence-electron chi connectivity index (χ4n) is 4.81. The summed E-state index contributed by atoms with van der Waals surface area (Å²) in [6.07, 6.45) is 9.82. The second kappa shape index (κ2) is 8.87. The largest absolute Gasteiger partial charge is 0.342 e. The molecule has 3 heterocycles.